The summed E-state index contributed by atoms with van der Waals surface area (Å²) in [5, 5.41) is 4.10. The van der Waals surface area contributed by atoms with E-state index in [0.717, 1.165) is 11.1 Å². The summed E-state index contributed by atoms with van der Waals surface area (Å²) in [6, 6.07) is 6.57. The number of carbonyl (C=O) groups is 1. The number of aryl methyl sites for hydroxylation is 2. The Morgan fingerprint density at radius 2 is 1.81 bits per heavy atom. The first-order chi connectivity index (χ1) is 12.3. The fourth-order valence-corrected chi connectivity index (χ4v) is 4.57. The van der Waals surface area contributed by atoms with Crippen LogP contribution in [0.4, 0.5) is 0 Å². The molecule has 1 fully saturated rings. The molecule has 2 heterocycles. The lowest BCUT2D eigenvalue weighted by Crippen LogP contribution is -2.51. The molecule has 26 heavy (non-hydrogen) atoms. The van der Waals surface area contributed by atoms with Crippen molar-refractivity contribution in [2.24, 2.45) is 0 Å². The van der Waals surface area contributed by atoms with Crippen molar-refractivity contribution in [3.8, 4) is 0 Å². The second-order valence-electron chi connectivity index (χ2n) is 6.64. The third-order valence-electron chi connectivity index (χ3n) is 4.95. The predicted molar refractivity (Wildman–Crippen MR) is 98.2 cm³/mol. The van der Waals surface area contributed by atoms with Gasteiger partial charge in [0.15, 0.2) is 0 Å². The van der Waals surface area contributed by atoms with Crippen LogP contribution >= 0.6 is 0 Å². The number of hydrogen-bond acceptors (Lipinski definition) is 4. The molecule has 1 aliphatic heterocycles. The van der Waals surface area contributed by atoms with Crippen LogP contribution in [-0.2, 0) is 14.8 Å². The molecule has 0 radical (unpaired) electrons. The zero-order valence-corrected chi connectivity index (χ0v) is 16.1. The monoisotopic (exact) mass is 376 g/mol. The van der Waals surface area contributed by atoms with Gasteiger partial charge in [-0.3, -0.25) is 9.48 Å². The number of hydrogen-bond donors (Lipinski definition) is 0. The van der Waals surface area contributed by atoms with Crippen molar-refractivity contribution in [2.75, 3.05) is 26.2 Å². The van der Waals surface area contributed by atoms with E-state index >= 15 is 0 Å². The van der Waals surface area contributed by atoms with Crippen LogP contribution in [0.3, 0.4) is 0 Å². The van der Waals surface area contributed by atoms with E-state index in [1.807, 2.05) is 19.9 Å². The zero-order valence-electron chi connectivity index (χ0n) is 15.3. The largest absolute Gasteiger partial charge is 0.338 e. The van der Waals surface area contributed by atoms with E-state index < -0.39 is 16.1 Å². The molecule has 0 N–H and O–H groups in total. The minimum absolute atomic E-state index is 0.0445. The van der Waals surface area contributed by atoms with E-state index in [9.17, 15) is 13.2 Å². The van der Waals surface area contributed by atoms with Crippen molar-refractivity contribution in [3.63, 3.8) is 0 Å². The molecule has 8 heteroatoms. The standard InChI is InChI=1S/C18H24N4O3S/c1-14-5-6-17(13-15(14)2)26(24,25)21-11-9-20(10-12-21)18(23)16(3)22-8-4-7-19-22/h4-8,13,16H,9-12H2,1-3H3. The molecule has 0 spiro atoms. The molecular formula is C18H24N4O3S. The van der Waals surface area contributed by atoms with Gasteiger partial charge in [-0.1, -0.05) is 6.07 Å². The molecule has 1 aromatic heterocycles. The summed E-state index contributed by atoms with van der Waals surface area (Å²) < 4.78 is 28.8. The van der Waals surface area contributed by atoms with Crippen molar-refractivity contribution < 1.29 is 13.2 Å². The van der Waals surface area contributed by atoms with Crippen LogP contribution in [0.1, 0.15) is 24.1 Å². The van der Waals surface area contributed by atoms with Crippen LogP contribution in [-0.4, -0.2) is 59.5 Å². The van der Waals surface area contributed by atoms with Crippen molar-refractivity contribution in [1.82, 2.24) is 19.0 Å². The molecule has 0 saturated carbocycles. The fourth-order valence-electron chi connectivity index (χ4n) is 3.06. The third-order valence-corrected chi connectivity index (χ3v) is 6.84. The SMILES string of the molecule is Cc1ccc(S(=O)(=O)N2CCN(C(=O)C(C)n3cccn3)CC2)cc1C. The van der Waals surface area contributed by atoms with Crippen molar-refractivity contribution in [2.45, 2.75) is 31.7 Å². The molecular weight excluding hydrogens is 352 g/mol. The maximum atomic E-state index is 12.9. The van der Waals surface area contributed by atoms with Crippen molar-refractivity contribution >= 4 is 15.9 Å². The predicted octanol–water partition coefficient (Wildman–Crippen LogP) is 1.59. The zero-order chi connectivity index (χ0) is 18.9. The lowest BCUT2D eigenvalue weighted by molar-refractivity contribution is -0.135. The Morgan fingerprint density at radius 3 is 2.38 bits per heavy atom. The van der Waals surface area contributed by atoms with Crippen molar-refractivity contribution in [1.29, 1.82) is 0 Å². The molecule has 1 atom stereocenters. The first-order valence-corrected chi connectivity index (χ1v) is 10.1. The maximum absolute atomic E-state index is 12.9. The molecule has 0 aliphatic carbocycles. The van der Waals surface area contributed by atoms with Gasteiger partial charge in [-0.25, -0.2) is 8.42 Å². The number of benzene rings is 1. The molecule has 1 unspecified atom stereocenters. The minimum Gasteiger partial charge on any atom is -0.338 e. The van der Waals surface area contributed by atoms with Crippen LogP contribution in [0.5, 0.6) is 0 Å². The van der Waals surface area contributed by atoms with Crippen LogP contribution in [0.25, 0.3) is 0 Å². The summed E-state index contributed by atoms with van der Waals surface area (Å²) >= 11 is 0. The van der Waals surface area contributed by atoms with Gasteiger partial charge in [-0.15, -0.1) is 0 Å². The van der Waals surface area contributed by atoms with Gasteiger partial charge >= 0.3 is 0 Å². The van der Waals surface area contributed by atoms with Gasteiger partial charge in [0, 0.05) is 38.6 Å². The average Bonchev–Trinajstić information content (AvgIpc) is 3.17. The van der Waals surface area contributed by atoms with E-state index in [0.29, 0.717) is 31.1 Å². The molecule has 7 nitrogen and oxygen atoms in total. The van der Waals surface area contributed by atoms with Crippen molar-refractivity contribution in [3.05, 3.63) is 47.8 Å². The molecule has 0 bridgehead atoms. The summed E-state index contributed by atoms with van der Waals surface area (Å²) in [5.41, 5.74) is 2.01. The lowest BCUT2D eigenvalue weighted by atomic mass is 10.1. The topological polar surface area (TPSA) is 75.5 Å². The molecule has 1 aromatic carbocycles. The van der Waals surface area contributed by atoms with Gasteiger partial charge in [0.05, 0.1) is 4.90 Å². The summed E-state index contributed by atoms with van der Waals surface area (Å²) in [7, 11) is -3.54. The third kappa shape index (κ3) is 3.52. The normalized spacial score (nSPS) is 17.3. The van der Waals surface area contributed by atoms with E-state index in [4.69, 9.17) is 0 Å². The number of piperazine rings is 1. The number of rotatable bonds is 4. The highest BCUT2D eigenvalue weighted by molar-refractivity contribution is 7.89. The van der Waals surface area contributed by atoms with E-state index in [1.165, 1.54) is 4.31 Å². The van der Waals surface area contributed by atoms with E-state index in [2.05, 4.69) is 5.10 Å². The molecule has 1 amide bonds. The Bertz CT molecular complexity index is 885. The Hall–Kier alpha value is -2.19. The maximum Gasteiger partial charge on any atom is 0.247 e. The van der Waals surface area contributed by atoms with Crippen LogP contribution < -0.4 is 0 Å². The van der Waals surface area contributed by atoms with Gasteiger partial charge in [-0.05, 0) is 50.1 Å². The van der Waals surface area contributed by atoms with Gasteiger partial charge < -0.3 is 4.90 Å². The average molecular weight is 376 g/mol. The highest BCUT2D eigenvalue weighted by Crippen LogP contribution is 2.21. The Balaban J connectivity index is 1.67. The Kier molecular flexibility index (Phi) is 5.15. The molecule has 2 aromatic rings. The van der Waals surface area contributed by atoms with Crippen LogP contribution in [0, 0.1) is 13.8 Å². The first kappa shape index (κ1) is 18.6. The number of aromatic nitrogens is 2. The summed E-state index contributed by atoms with van der Waals surface area (Å²) in [5.74, 6) is -0.0445. The summed E-state index contributed by atoms with van der Waals surface area (Å²) in [4.78, 5) is 14.6. The summed E-state index contributed by atoms with van der Waals surface area (Å²) in [6.07, 6.45) is 3.39. The first-order valence-electron chi connectivity index (χ1n) is 8.66. The second kappa shape index (κ2) is 7.20. The number of sulfonamides is 1. The van der Waals surface area contributed by atoms with Gasteiger partial charge in [-0.2, -0.15) is 9.40 Å². The Labute approximate surface area is 154 Å². The molecule has 3 rings (SSSR count). The van der Waals surface area contributed by atoms with Crippen LogP contribution in [0.15, 0.2) is 41.6 Å². The van der Waals surface area contributed by atoms with Gasteiger partial charge in [0.2, 0.25) is 15.9 Å². The highest BCUT2D eigenvalue weighted by Gasteiger charge is 2.32. The molecule has 140 valence electrons. The van der Waals surface area contributed by atoms with E-state index in [1.54, 1.807) is 47.1 Å². The lowest BCUT2D eigenvalue weighted by Gasteiger charge is -2.35. The van der Waals surface area contributed by atoms with Gasteiger partial charge in [0.25, 0.3) is 0 Å². The highest BCUT2D eigenvalue weighted by atomic mass is 32.2. The fraction of sp³-hybridized carbons (Fsp3) is 0.444. The number of amides is 1. The smallest absolute Gasteiger partial charge is 0.247 e. The summed E-state index contributed by atoms with van der Waals surface area (Å²) in [6.45, 7) is 7.02. The second-order valence-corrected chi connectivity index (χ2v) is 8.58. The Morgan fingerprint density at radius 1 is 1.12 bits per heavy atom. The quantitative estimate of drug-likeness (QED) is 0.812. The van der Waals surface area contributed by atoms with Gasteiger partial charge in [0.1, 0.15) is 6.04 Å². The number of carbonyl (C=O) groups excluding carboxylic acids is 1. The molecule has 1 saturated heterocycles. The minimum atomic E-state index is -3.54. The molecule has 1 aliphatic rings. The van der Waals surface area contributed by atoms with Crippen LogP contribution in [0.2, 0.25) is 0 Å². The van der Waals surface area contributed by atoms with E-state index in [-0.39, 0.29) is 5.91 Å². The number of nitrogens with zero attached hydrogens (tertiary/aromatic N) is 4.